The van der Waals surface area contributed by atoms with Crippen molar-refractivity contribution in [1.29, 1.82) is 0 Å². The Labute approximate surface area is 127 Å². The SMILES string of the molecule is CC(NC1CCCCC1CO)c1cccc2ccccc12. The van der Waals surface area contributed by atoms with E-state index in [2.05, 4.69) is 54.7 Å². The highest BCUT2D eigenvalue weighted by Gasteiger charge is 2.26. The van der Waals surface area contributed by atoms with Crippen molar-refractivity contribution in [2.75, 3.05) is 6.61 Å². The molecule has 21 heavy (non-hydrogen) atoms. The number of aliphatic hydroxyl groups is 1. The number of hydrogen-bond acceptors (Lipinski definition) is 2. The number of rotatable bonds is 4. The molecule has 1 aliphatic rings. The third-order valence-corrected chi connectivity index (χ3v) is 4.90. The molecule has 0 amide bonds. The van der Waals surface area contributed by atoms with E-state index in [1.165, 1.54) is 35.6 Å². The van der Waals surface area contributed by atoms with Gasteiger partial charge in [-0.25, -0.2) is 0 Å². The van der Waals surface area contributed by atoms with E-state index in [1.54, 1.807) is 0 Å². The summed E-state index contributed by atoms with van der Waals surface area (Å²) in [5.74, 6) is 0.413. The Kier molecular flexibility index (Phi) is 4.57. The van der Waals surface area contributed by atoms with Crippen LogP contribution < -0.4 is 5.32 Å². The highest BCUT2D eigenvalue weighted by atomic mass is 16.3. The van der Waals surface area contributed by atoms with Crippen LogP contribution in [0.15, 0.2) is 42.5 Å². The first-order valence-electron chi connectivity index (χ1n) is 8.14. The van der Waals surface area contributed by atoms with Gasteiger partial charge in [0.1, 0.15) is 0 Å². The Balaban J connectivity index is 1.82. The smallest absolute Gasteiger partial charge is 0.0474 e. The molecule has 2 aromatic rings. The van der Waals surface area contributed by atoms with Crippen LogP contribution in [-0.2, 0) is 0 Å². The third kappa shape index (κ3) is 3.12. The monoisotopic (exact) mass is 283 g/mol. The first kappa shape index (κ1) is 14.6. The van der Waals surface area contributed by atoms with Crippen molar-refractivity contribution in [2.45, 2.75) is 44.7 Å². The third-order valence-electron chi connectivity index (χ3n) is 4.90. The summed E-state index contributed by atoms with van der Waals surface area (Å²) in [7, 11) is 0. The van der Waals surface area contributed by atoms with Gasteiger partial charge in [0.15, 0.2) is 0 Å². The van der Waals surface area contributed by atoms with Crippen LogP contribution in [0.25, 0.3) is 10.8 Å². The van der Waals surface area contributed by atoms with E-state index in [0.29, 0.717) is 24.6 Å². The second-order valence-electron chi connectivity index (χ2n) is 6.29. The van der Waals surface area contributed by atoms with Gasteiger partial charge in [0.25, 0.3) is 0 Å². The van der Waals surface area contributed by atoms with Gasteiger partial charge in [0.05, 0.1) is 0 Å². The zero-order valence-electron chi connectivity index (χ0n) is 12.8. The zero-order valence-corrected chi connectivity index (χ0v) is 12.8. The molecule has 0 aromatic heterocycles. The van der Waals surface area contributed by atoms with E-state index in [9.17, 15) is 5.11 Å². The van der Waals surface area contributed by atoms with Crippen molar-refractivity contribution in [3.8, 4) is 0 Å². The standard InChI is InChI=1S/C19H25NO/c1-14(20-19-12-5-3-8-16(19)13-21)17-11-6-9-15-7-2-4-10-18(15)17/h2,4,6-7,9-11,14,16,19-21H,3,5,8,12-13H2,1H3. The van der Waals surface area contributed by atoms with Crippen LogP contribution >= 0.6 is 0 Å². The van der Waals surface area contributed by atoms with Gasteiger partial charge in [-0.1, -0.05) is 55.3 Å². The molecule has 2 N–H and O–H groups in total. The van der Waals surface area contributed by atoms with E-state index in [1.807, 2.05) is 0 Å². The number of fused-ring (bicyclic) bond motifs is 1. The van der Waals surface area contributed by atoms with E-state index >= 15 is 0 Å². The molecule has 112 valence electrons. The zero-order chi connectivity index (χ0) is 14.7. The largest absolute Gasteiger partial charge is 0.396 e. The summed E-state index contributed by atoms with van der Waals surface area (Å²) in [4.78, 5) is 0. The summed E-state index contributed by atoms with van der Waals surface area (Å²) in [6.07, 6.45) is 4.86. The van der Waals surface area contributed by atoms with E-state index in [4.69, 9.17) is 0 Å². The van der Waals surface area contributed by atoms with Crippen LogP contribution in [0.1, 0.15) is 44.2 Å². The summed E-state index contributed by atoms with van der Waals surface area (Å²) < 4.78 is 0. The molecule has 3 rings (SSSR count). The van der Waals surface area contributed by atoms with Gasteiger partial charge in [-0.05, 0) is 42.0 Å². The van der Waals surface area contributed by atoms with Crippen molar-refractivity contribution in [3.05, 3.63) is 48.0 Å². The maximum absolute atomic E-state index is 9.58. The molecule has 3 unspecified atom stereocenters. The lowest BCUT2D eigenvalue weighted by molar-refractivity contribution is 0.147. The molecule has 2 aromatic carbocycles. The predicted molar refractivity (Wildman–Crippen MR) is 88.3 cm³/mol. The molecule has 1 saturated carbocycles. The van der Waals surface area contributed by atoms with Crippen molar-refractivity contribution in [3.63, 3.8) is 0 Å². The minimum absolute atomic E-state index is 0.305. The fraction of sp³-hybridized carbons (Fsp3) is 0.474. The van der Waals surface area contributed by atoms with Gasteiger partial charge in [-0.2, -0.15) is 0 Å². The lowest BCUT2D eigenvalue weighted by Gasteiger charge is -2.33. The van der Waals surface area contributed by atoms with Gasteiger partial charge in [0, 0.05) is 18.7 Å². The Morgan fingerprint density at radius 1 is 1.10 bits per heavy atom. The van der Waals surface area contributed by atoms with Gasteiger partial charge in [-0.15, -0.1) is 0 Å². The summed E-state index contributed by atoms with van der Waals surface area (Å²) >= 11 is 0. The van der Waals surface area contributed by atoms with Crippen LogP contribution in [0.3, 0.4) is 0 Å². The van der Waals surface area contributed by atoms with Gasteiger partial charge in [0.2, 0.25) is 0 Å². The minimum Gasteiger partial charge on any atom is -0.396 e. The van der Waals surface area contributed by atoms with E-state index in [-0.39, 0.29) is 0 Å². The number of benzene rings is 2. The van der Waals surface area contributed by atoms with E-state index < -0.39 is 0 Å². The molecule has 0 bridgehead atoms. The lowest BCUT2D eigenvalue weighted by atomic mass is 9.84. The summed E-state index contributed by atoms with van der Waals surface area (Å²) in [6, 6.07) is 15.9. The quantitative estimate of drug-likeness (QED) is 0.887. The van der Waals surface area contributed by atoms with Crippen molar-refractivity contribution in [2.24, 2.45) is 5.92 Å². The van der Waals surface area contributed by atoms with Crippen LogP contribution in [-0.4, -0.2) is 17.8 Å². The van der Waals surface area contributed by atoms with Gasteiger partial charge < -0.3 is 10.4 Å². The Bertz CT molecular complexity index is 590. The fourth-order valence-electron chi connectivity index (χ4n) is 3.68. The average Bonchev–Trinajstić information content (AvgIpc) is 2.54. The maximum Gasteiger partial charge on any atom is 0.0474 e. The normalized spacial score (nSPS) is 24.1. The van der Waals surface area contributed by atoms with E-state index in [0.717, 1.165) is 6.42 Å². The summed E-state index contributed by atoms with van der Waals surface area (Å²) in [5, 5.41) is 16.0. The molecular formula is C19H25NO. The molecule has 2 heteroatoms. The first-order chi connectivity index (χ1) is 10.3. The van der Waals surface area contributed by atoms with Crippen LogP contribution in [0.5, 0.6) is 0 Å². The first-order valence-corrected chi connectivity index (χ1v) is 8.14. The molecule has 3 atom stereocenters. The second kappa shape index (κ2) is 6.59. The van der Waals surface area contributed by atoms with Crippen LogP contribution in [0.2, 0.25) is 0 Å². The minimum atomic E-state index is 0.305. The maximum atomic E-state index is 9.58. The molecule has 0 heterocycles. The van der Waals surface area contributed by atoms with Crippen molar-refractivity contribution < 1.29 is 5.11 Å². The van der Waals surface area contributed by atoms with Crippen LogP contribution in [0, 0.1) is 5.92 Å². The lowest BCUT2D eigenvalue weighted by Crippen LogP contribution is -2.41. The van der Waals surface area contributed by atoms with Crippen molar-refractivity contribution >= 4 is 10.8 Å². The number of hydrogen-bond donors (Lipinski definition) is 2. The molecular weight excluding hydrogens is 258 g/mol. The molecule has 0 spiro atoms. The molecule has 0 aliphatic heterocycles. The van der Waals surface area contributed by atoms with Crippen LogP contribution in [0.4, 0.5) is 0 Å². The molecule has 0 saturated heterocycles. The predicted octanol–water partition coefficient (Wildman–Crippen LogP) is 4.04. The highest BCUT2D eigenvalue weighted by molar-refractivity contribution is 5.86. The highest BCUT2D eigenvalue weighted by Crippen LogP contribution is 2.29. The second-order valence-corrected chi connectivity index (χ2v) is 6.29. The number of nitrogens with one attached hydrogen (secondary N) is 1. The summed E-state index contributed by atoms with van der Waals surface area (Å²) in [6.45, 7) is 2.55. The average molecular weight is 283 g/mol. The molecule has 2 nitrogen and oxygen atoms in total. The Morgan fingerprint density at radius 3 is 2.71 bits per heavy atom. The Hall–Kier alpha value is -1.38. The summed E-state index contributed by atoms with van der Waals surface area (Å²) in [5.41, 5.74) is 1.36. The number of aliphatic hydroxyl groups excluding tert-OH is 1. The molecule has 0 radical (unpaired) electrons. The Morgan fingerprint density at radius 2 is 1.86 bits per heavy atom. The molecule has 1 aliphatic carbocycles. The van der Waals surface area contributed by atoms with Gasteiger partial charge >= 0.3 is 0 Å². The van der Waals surface area contributed by atoms with Gasteiger partial charge in [-0.3, -0.25) is 0 Å². The topological polar surface area (TPSA) is 32.3 Å². The molecule has 1 fully saturated rings. The fourth-order valence-corrected chi connectivity index (χ4v) is 3.68. The van der Waals surface area contributed by atoms with Crippen molar-refractivity contribution in [1.82, 2.24) is 5.32 Å².